The lowest BCUT2D eigenvalue weighted by Gasteiger charge is -2.25. The van der Waals surface area contributed by atoms with Crippen LogP contribution in [0.2, 0.25) is 0 Å². The average molecular weight is 305 g/mol. The van der Waals surface area contributed by atoms with Crippen molar-refractivity contribution in [3.05, 3.63) is 33.8 Å². The van der Waals surface area contributed by atoms with Gasteiger partial charge in [0.05, 0.1) is 6.54 Å². The lowest BCUT2D eigenvalue weighted by atomic mass is 10.2. The molecular weight excluding hydrogens is 282 g/mol. The molecule has 0 aliphatic heterocycles. The van der Waals surface area contributed by atoms with Crippen LogP contribution in [0.5, 0.6) is 0 Å². The molecule has 0 radical (unpaired) electrons. The minimum absolute atomic E-state index is 0.261. The van der Waals surface area contributed by atoms with Crippen LogP contribution in [-0.2, 0) is 6.54 Å². The molecule has 0 spiro atoms. The first kappa shape index (κ1) is 15.7. The number of anilines is 2. The molecule has 0 saturated heterocycles. The van der Waals surface area contributed by atoms with E-state index in [9.17, 15) is 0 Å². The molecule has 0 bridgehead atoms. The smallest absolute Gasteiger partial charge is 0.148 e. The lowest BCUT2D eigenvalue weighted by Crippen LogP contribution is -2.25. The maximum atomic E-state index is 5.61. The molecule has 2 aromatic rings. The summed E-state index contributed by atoms with van der Waals surface area (Å²) in [6, 6.07) is 4.22. The van der Waals surface area contributed by atoms with Crippen LogP contribution in [0.3, 0.4) is 0 Å². The number of hydrazine groups is 1. The Labute approximate surface area is 130 Å². The highest BCUT2D eigenvalue weighted by atomic mass is 32.1. The van der Waals surface area contributed by atoms with Crippen molar-refractivity contribution in [2.45, 2.75) is 40.2 Å². The summed E-state index contributed by atoms with van der Waals surface area (Å²) in [4.78, 5) is 12.8. The van der Waals surface area contributed by atoms with E-state index in [2.05, 4.69) is 53.6 Å². The van der Waals surface area contributed by atoms with Crippen LogP contribution in [-0.4, -0.2) is 16.5 Å². The number of hydrogen-bond acceptors (Lipinski definition) is 6. The van der Waals surface area contributed by atoms with Gasteiger partial charge in [-0.15, -0.1) is 11.3 Å². The van der Waals surface area contributed by atoms with Crippen LogP contribution >= 0.6 is 11.3 Å². The molecule has 0 atom stereocenters. The summed E-state index contributed by atoms with van der Waals surface area (Å²) in [5.41, 5.74) is 3.68. The van der Waals surface area contributed by atoms with E-state index in [1.165, 1.54) is 4.88 Å². The molecule has 0 aliphatic carbocycles. The van der Waals surface area contributed by atoms with Crippen molar-refractivity contribution in [3.8, 4) is 0 Å². The summed E-state index contributed by atoms with van der Waals surface area (Å²) in [6.45, 7) is 10.1. The summed E-state index contributed by atoms with van der Waals surface area (Å²) >= 11 is 1.76. The van der Waals surface area contributed by atoms with Gasteiger partial charge in [-0.05, 0) is 25.3 Å². The van der Waals surface area contributed by atoms with Crippen molar-refractivity contribution >= 4 is 23.0 Å². The summed E-state index contributed by atoms with van der Waals surface area (Å²) in [5, 5.41) is 2.10. The van der Waals surface area contributed by atoms with Crippen molar-refractivity contribution in [3.63, 3.8) is 0 Å². The van der Waals surface area contributed by atoms with Gasteiger partial charge in [-0.2, -0.15) is 0 Å². The second-order valence-electron chi connectivity index (χ2n) is 5.27. The Morgan fingerprint density at radius 2 is 2.14 bits per heavy atom. The van der Waals surface area contributed by atoms with Gasteiger partial charge in [0, 0.05) is 22.9 Å². The van der Waals surface area contributed by atoms with Gasteiger partial charge >= 0.3 is 0 Å². The molecule has 2 heterocycles. The van der Waals surface area contributed by atoms with Crippen molar-refractivity contribution in [2.75, 3.05) is 16.9 Å². The number of hydrogen-bond donors (Lipinski definition) is 2. The first-order valence-corrected chi connectivity index (χ1v) is 8.07. The third kappa shape index (κ3) is 3.51. The van der Waals surface area contributed by atoms with E-state index in [1.807, 2.05) is 6.92 Å². The van der Waals surface area contributed by atoms with Crippen LogP contribution in [0.4, 0.5) is 11.6 Å². The van der Waals surface area contributed by atoms with Crippen molar-refractivity contribution in [1.82, 2.24) is 9.97 Å². The van der Waals surface area contributed by atoms with Gasteiger partial charge < -0.3 is 10.3 Å². The zero-order valence-electron chi connectivity index (χ0n) is 13.1. The topological polar surface area (TPSA) is 67.1 Å². The van der Waals surface area contributed by atoms with E-state index >= 15 is 0 Å². The van der Waals surface area contributed by atoms with Gasteiger partial charge in [0.25, 0.3) is 0 Å². The third-order valence-electron chi connectivity index (χ3n) is 3.40. The van der Waals surface area contributed by atoms with E-state index in [0.717, 1.165) is 30.3 Å². The second-order valence-corrected chi connectivity index (χ2v) is 6.30. The zero-order chi connectivity index (χ0) is 15.4. The molecule has 0 aliphatic rings. The van der Waals surface area contributed by atoms with Gasteiger partial charge in [0.1, 0.15) is 17.5 Å². The fraction of sp³-hybridized carbons (Fsp3) is 0.467. The highest BCUT2D eigenvalue weighted by Crippen LogP contribution is 2.27. The normalized spacial score (nSPS) is 11.0. The molecule has 0 saturated carbocycles. The van der Waals surface area contributed by atoms with Crippen LogP contribution in [0, 0.1) is 6.92 Å². The molecular formula is C15H23N5S. The molecule has 5 nitrogen and oxygen atoms in total. The lowest BCUT2D eigenvalue weighted by molar-refractivity contribution is 0.746. The van der Waals surface area contributed by atoms with Crippen molar-refractivity contribution < 1.29 is 0 Å². The fourth-order valence-electron chi connectivity index (χ4n) is 2.16. The number of nitrogens with zero attached hydrogens (tertiary/aromatic N) is 3. The Kier molecular flexibility index (Phi) is 5.14. The summed E-state index contributed by atoms with van der Waals surface area (Å²) in [7, 11) is 0. The average Bonchev–Trinajstić information content (AvgIpc) is 2.98. The van der Waals surface area contributed by atoms with Gasteiger partial charge in [0.15, 0.2) is 0 Å². The predicted molar refractivity (Wildman–Crippen MR) is 89.7 cm³/mol. The van der Waals surface area contributed by atoms with Gasteiger partial charge in [-0.1, -0.05) is 19.9 Å². The summed E-state index contributed by atoms with van der Waals surface area (Å²) < 4.78 is 0. The highest BCUT2D eigenvalue weighted by Gasteiger charge is 2.17. The van der Waals surface area contributed by atoms with Crippen molar-refractivity contribution in [2.24, 2.45) is 5.84 Å². The SMILES string of the molecule is CCN(Cc1cccs1)c1nc(C(C)C)nc(NN)c1C. The summed E-state index contributed by atoms with van der Waals surface area (Å²) in [6.07, 6.45) is 0. The van der Waals surface area contributed by atoms with Gasteiger partial charge in [-0.3, -0.25) is 0 Å². The molecule has 3 N–H and O–H groups in total. The Hall–Kier alpha value is -1.66. The zero-order valence-corrected chi connectivity index (χ0v) is 13.9. The third-order valence-corrected chi connectivity index (χ3v) is 4.26. The van der Waals surface area contributed by atoms with Crippen LogP contribution in [0.15, 0.2) is 17.5 Å². The van der Waals surface area contributed by atoms with Gasteiger partial charge in [0.2, 0.25) is 0 Å². The number of nitrogens with two attached hydrogens (primary N) is 1. The first-order valence-electron chi connectivity index (χ1n) is 7.19. The molecule has 0 amide bonds. The number of nitrogen functional groups attached to an aromatic ring is 1. The fourth-order valence-corrected chi connectivity index (χ4v) is 2.87. The predicted octanol–water partition coefficient (Wildman–Crippen LogP) is 3.28. The van der Waals surface area contributed by atoms with E-state index in [-0.39, 0.29) is 5.92 Å². The highest BCUT2D eigenvalue weighted by molar-refractivity contribution is 7.09. The molecule has 0 aromatic carbocycles. The quantitative estimate of drug-likeness (QED) is 0.633. The Morgan fingerprint density at radius 1 is 1.38 bits per heavy atom. The second kappa shape index (κ2) is 6.87. The number of aromatic nitrogens is 2. The number of thiophene rings is 1. The molecule has 2 aromatic heterocycles. The van der Waals surface area contributed by atoms with E-state index in [0.29, 0.717) is 5.82 Å². The van der Waals surface area contributed by atoms with E-state index < -0.39 is 0 Å². The van der Waals surface area contributed by atoms with E-state index in [4.69, 9.17) is 10.8 Å². The van der Waals surface area contributed by atoms with Crippen molar-refractivity contribution in [1.29, 1.82) is 0 Å². The largest absolute Gasteiger partial charge is 0.351 e. The van der Waals surface area contributed by atoms with E-state index in [1.54, 1.807) is 11.3 Å². The van der Waals surface area contributed by atoms with Gasteiger partial charge in [-0.25, -0.2) is 15.8 Å². The molecule has 0 fully saturated rings. The van der Waals surface area contributed by atoms with Crippen LogP contribution in [0.25, 0.3) is 0 Å². The minimum Gasteiger partial charge on any atom is -0.351 e. The number of nitrogens with one attached hydrogen (secondary N) is 1. The molecule has 0 unspecified atom stereocenters. The number of rotatable bonds is 6. The Balaban J connectivity index is 2.41. The maximum absolute atomic E-state index is 5.61. The molecule has 114 valence electrons. The molecule has 21 heavy (non-hydrogen) atoms. The summed E-state index contributed by atoms with van der Waals surface area (Å²) in [5.74, 6) is 8.34. The standard InChI is InChI=1S/C15H23N5S/c1-5-20(9-12-7-6-8-21-12)15-11(4)14(19-16)17-13(18-15)10(2)3/h6-8,10H,5,9,16H2,1-4H3,(H,17,18,19). The maximum Gasteiger partial charge on any atom is 0.148 e. The first-order chi connectivity index (χ1) is 10.1. The monoisotopic (exact) mass is 305 g/mol. The Bertz CT molecular complexity index is 580. The minimum atomic E-state index is 0.261. The molecule has 6 heteroatoms. The Morgan fingerprint density at radius 3 is 2.67 bits per heavy atom. The van der Waals surface area contributed by atoms with Crippen LogP contribution in [0.1, 0.15) is 43.0 Å². The van der Waals surface area contributed by atoms with Crippen LogP contribution < -0.4 is 16.2 Å². The molecule has 2 rings (SSSR count).